The third-order valence-corrected chi connectivity index (χ3v) is 6.03. The number of halogens is 1. The molecule has 6 heteroatoms. The van der Waals surface area contributed by atoms with Crippen LogP contribution in [0.1, 0.15) is 11.1 Å². The van der Waals surface area contributed by atoms with Crippen molar-refractivity contribution in [3.63, 3.8) is 0 Å². The molecule has 4 nitrogen and oxygen atoms in total. The van der Waals surface area contributed by atoms with Crippen LogP contribution >= 0.6 is 23.4 Å². The van der Waals surface area contributed by atoms with Crippen molar-refractivity contribution in [1.29, 1.82) is 0 Å². The largest absolute Gasteiger partial charge is 0.505 e. The van der Waals surface area contributed by atoms with Crippen LogP contribution in [0, 0.1) is 0 Å². The second-order valence-electron chi connectivity index (χ2n) is 6.75. The first-order valence-corrected chi connectivity index (χ1v) is 10.6. The third-order valence-electron chi connectivity index (χ3n) is 4.70. The summed E-state index contributed by atoms with van der Waals surface area (Å²) in [5.74, 6) is 0.0530. The van der Waals surface area contributed by atoms with Crippen molar-refractivity contribution >= 4 is 46.2 Å². The number of benzene rings is 3. The van der Waals surface area contributed by atoms with Crippen molar-refractivity contribution in [2.24, 2.45) is 0 Å². The molecule has 0 bridgehead atoms. The molecule has 0 amide bonds. The average molecular weight is 435 g/mol. The van der Waals surface area contributed by atoms with Crippen molar-refractivity contribution in [2.75, 3.05) is 5.32 Å². The molecule has 0 saturated heterocycles. The summed E-state index contributed by atoms with van der Waals surface area (Å²) in [5, 5.41) is 15.3. The van der Waals surface area contributed by atoms with Crippen LogP contribution in [-0.4, -0.2) is 16.4 Å². The van der Waals surface area contributed by atoms with E-state index in [9.17, 15) is 9.90 Å². The number of carbonyl (C=O) groups is 1. The SMILES string of the molecule is O=CCc1cc(Cl)cc(NCc2ccccc2Sc2ccc3cccnc3c2)c1O. The van der Waals surface area contributed by atoms with Gasteiger partial charge in [-0.2, -0.15) is 0 Å². The number of hydrogen-bond donors (Lipinski definition) is 2. The van der Waals surface area contributed by atoms with Crippen LogP contribution in [0.25, 0.3) is 10.9 Å². The third kappa shape index (κ3) is 4.58. The Morgan fingerprint density at radius 3 is 2.77 bits per heavy atom. The Bertz CT molecular complexity index is 1210. The van der Waals surface area contributed by atoms with Crippen LogP contribution < -0.4 is 5.32 Å². The number of pyridine rings is 1. The maximum absolute atomic E-state index is 10.8. The summed E-state index contributed by atoms with van der Waals surface area (Å²) in [4.78, 5) is 17.5. The first kappa shape index (κ1) is 20.3. The van der Waals surface area contributed by atoms with Gasteiger partial charge < -0.3 is 15.2 Å². The lowest BCUT2D eigenvalue weighted by molar-refractivity contribution is -0.107. The van der Waals surface area contributed by atoms with Crippen LogP contribution in [0.4, 0.5) is 5.69 Å². The Balaban J connectivity index is 1.56. The van der Waals surface area contributed by atoms with Gasteiger partial charge in [0.15, 0.2) is 0 Å². The predicted molar refractivity (Wildman–Crippen MR) is 123 cm³/mol. The zero-order valence-electron chi connectivity index (χ0n) is 16.0. The smallest absolute Gasteiger partial charge is 0.142 e. The number of nitrogens with one attached hydrogen (secondary N) is 1. The Kier molecular flexibility index (Phi) is 6.21. The number of aromatic nitrogens is 1. The lowest BCUT2D eigenvalue weighted by Crippen LogP contribution is -2.02. The first-order chi connectivity index (χ1) is 14.6. The molecule has 4 aromatic rings. The highest BCUT2D eigenvalue weighted by Gasteiger charge is 2.11. The van der Waals surface area contributed by atoms with E-state index in [1.165, 1.54) is 0 Å². The highest BCUT2D eigenvalue weighted by molar-refractivity contribution is 7.99. The summed E-state index contributed by atoms with van der Waals surface area (Å²) in [5.41, 5.74) is 3.06. The number of aldehydes is 1. The van der Waals surface area contributed by atoms with E-state index in [-0.39, 0.29) is 12.2 Å². The first-order valence-electron chi connectivity index (χ1n) is 9.43. The zero-order chi connectivity index (χ0) is 20.9. The monoisotopic (exact) mass is 434 g/mol. The van der Waals surface area contributed by atoms with Crippen LogP contribution in [0.3, 0.4) is 0 Å². The zero-order valence-corrected chi connectivity index (χ0v) is 17.6. The summed E-state index contributed by atoms with van der Waals surface area (Å²) in [7, 11) is 0. The maximum atomic E-state index is 10.8. The molecule has 0 aliphatic heterocycles. The summed E-state index contributed by atoms with van der Waals surface area (Å²) < 4.78 is 0. The van der Waals surface area contributed by atoms with Gasteiger partial charge in [-0.05, 0) is 42.0 Å². The summed E-state index contributed by atoms with van der Waals surface area (Å²) >= 11 is 7.82. The molecule has 30 heavy (non-hydrogen) atoms. The van der Waals surface area contributed by atoms with E-state index in [0.29, 0.717) is 22.8 Å². The van der Waals surface area contributed by atoms with Crippen molar-refractivity contribution < 1.29 is 9.90 Å². The van der Waals surface area contributed by atoms with E-state index in [0.717, 1.165) is 32.5 Å². The summed E-state index contributed by atoms with van der Waals surface area (Å²) in [6.45, 7) is 0.503. The number of anilines is 1. The predicted octanol–water partition coefficient (Wildman–Crippen LogP) is 6.10. The highest BCUT2D eigenvalue weighted by atomic mass is 35.5. The van der Waals surface area contributed by atoms with Gasteiger partial charge in [0.25, 0.3) is 0 Å². The van der Waals surface area contributed by atoms with Gasteiger partial charge in [0.2, 0.25) is 0 Å². The number of phenolic OH excluding ortho intramolecular Hbond substituents is 1. The second-order valence-corrected chi connectivity index (χ2v) is 8.30. The molecular formula is C24H19ClN2O2S. The van der Waals surface area contributed by atoms with Gasteiger partial charge >= 0.3 is 0 Å². The standard InChI is InChI=1S/C24H19ClN2O2S/c25-19-12-17(9-11-28)24(29)22(13-19)27-15-18-4-1-2-6-23(18)30-20-8-7-16-5-3-10-26-21(16)14-20/h1-8,10-14,27,29H,9,15H2. The Morgan fingerprint density at radius 2 is 1.90 bits per heavy atom. The lowest BCUT2D eigenvalue weighted by Gasteiger charge is -2.14. The highest BCUT2D eigenvalue weighted by Crippen LogP contribution is 2.35. The van der Waals surface area contributed by atoms with E-state index >= 15 is 0 Å². The molecule has 1 heterocycles. The Hall–Kier alpha value is -3.02. The van der Waals surface area contributed by atoms with E-state index in [4.69, 9.17) is 11.6 Å². The van der Waals surface area contributed by atoms with E-state index in [1.807, 2.05) is 30.3 Å². The van der Waals surface area contributed by atoms with Crippen LogP contribution in [-0.2, 0) is 17.8 Å². The summed E-state index contributed by atoms with van der Waals surface area (Å²) in [6, 6.07) is 21.6. The summed E-state index contributed by atoms with van der Waals surface area (Å²) in [6.07, 6.45) is 2.66. The molecule has 3 aromatic carbocycles. The molecule has 0 unspecified atom stereocenters. The second kappa shape index (κ2) is 9.20. The number of rotatable bonds is 7. The minimum absolute atomic E-state index is 0.0530. The molecule has 150 valence electrons. The molecule has 0 aliphatic rings. The molecule has 2 N–H and O–H groups in total. The van der Waals surface area contributed by atoms with Gasteiger partial charge in [-0.1, -0.05) is 53.7 Å². The fourth-order valence-electron chi connectivity index (χ4n) is 3.21. The van der Waals surface area contributed by atoms with E-state index in [1.54, 1.807) is 30.1 Å². The van der Waals surface area contributed by atoms with Crippen LogP contribution in [0.15, 0.2) is 82.7 Å². The topological polar surface area (TPSA) is 62.2 Å². The average Bonchev–Trinajstić information content (AvgIpc) is 2.76. The number of nitrogens with zero attached hydrogens (tertiary/aromatic N) is 1. The minimum Gasteiger partial charge on any atom is -0.505 e. The van der Waals surface area contributed by atoms with Crippen molar-refractivity contribution in [3.05, 3.63) is 89.1 Å². The molecule has 0 fully saturated rings. The fraction of sp³-hybridized carbons (Fsp3) is 0.0833. The molecule has 0 aliphatic carbocycles. The molecule has 0 spiro atoms. The normalized spacial score (nSPS) is 10.8. The van der Waals surface area contributed by atoms with Crippen molar-refractivity contribution in [1.82, 2.24) is 4.98 Å². The van der Waals surface area contributed by atoms with E-state index in [2.05, 4.69) is 34.6 Å². The number of carbonyl (C=O) groups excluding carboxylic acids is 1. The molecule has 0 radical (unpaired) electrons. The number of phenols is 1. The van der Waals surface area contributed by atoms with Crippen molar-refractivity contribution in [3.8, 4) is 5.75 Å². The molecule has 0 atom stereocenters. The fourth-order valence-corrected chi connectivity index (χ4v) is 4.43. The van der Waals surface area contributed by atoms with Gasteiger partial charge in [-0.15, -0.1) is 0 Å². The van der Waals surface area contributed by atoms with Gasteiger partial charge in [-0.25, -0.2) is 0 Å². The number of fused-ring (bicyclic) bond motifs is 1. The molecular weight excluding hydrogens is 416 g/mol. The van der Waals surface area contributed by atoms with Gasteiger partial charge in [-0.3, -0.25) is 4.98 Å². The Morgan fingerprint density at radius 1 is 1.03 bits per heavy atom. The molecule has 1 aromatic heterocycles. The quantitative estimate of drug-likeness (QED) is 0.272. The van der Waals surface area contributed by atoms with E-state index < -0.39 is 0 Å². The van der Waals surface area contributed by atoms with Crippen LogP contribution in [0.2, 0.25) is 5.02 Å². The van der Waals surface area contributed by atoms with Crippen molar-refractivity contribution in [2.45, 2.75) is 22.8 Å². The van der Waals surface area contributed by atoms with Crippen LogP contribution in [0.5, 0.6) is 5.75 Å². The van der Waals surface area contributed by atoms with Gasteiger partial charge in [0.1, 0.15) is 12.0 Å². The van der Waals surface area contributed by atoms with Gasteiger partial charge in [0.05, 0.1) is 11.2 Å². The molecule has 0 saturated carbocycles. The minimum atomic E-state index is 0.0530. The lowest BCUT2D eigenvalue weighted by atomic mass is 10.1. The number of aromatic hydroxyl groups is 1. The Labute approximate surface area is 183 Å². The maximum Gasteiger partial charge on any atom is 0.142 e. The van der Waals surface area contributed by atoms with Gasteiger partial charge in [0, 0.05) is 44.9 Å². The number of hydrogen-bond acceptors (Lipinski definition) is 5. The molecule has 4 rings (SSSR count).